The first-order valence-electron chi connectivity index (χ1n) is 5.43. The highest BCUT2D eigenvalue weighted by Crippen LogP contribution is 2.35. The summed E-state index contributed by atoms with van der Waals surface area (Å²) in [6.45, 7) is 3.03. The summed E-state index contributed by atoms with van der Waals surface area (Å²) in [6.07, 6.45) is 0.573. The lowest BCUT2D eigenvalue weighted by Gasteiger charge is -2.23. The van der Waals surface area contributed by atoms with Gasteiger partial charge in [-0.15, -0.1) is 0 Å². The second kappa shape index (κ2) is 5.24. The first-order valence-corrected chi connectivity index (χ1v) is 6.96. The number of nitrogens with one attached hydrogen (secondary N) is 3. The minimum absolute atomic E-state index is 0.0598. The van der Waals surface area contributed by atoms with Gasteiger partial charge in [-0.25, -0.2) is 4.57 Å². The van der Waals surface area contributed by atoms with Gasteiger partial charge in [-0.05, 0) is 6.42 Å². The van der Waals surface area contributed by atoms with Crippen LogP contribution in [0.15, 0.2) is 11.5 Å². The summed E-state index contributed by atoms with van der Waals surface area (Å²) in [4.78, 5) is 19.2. The average Bonchev–Trinajstić information content (AvgIpc) is 2.67. The fraction of sp³-hybridized carbons (Fsp3) is 0.750. The van der Waals surface area contributed by atoms with Crippen molar-refractivity contribution < 1.29 is 18.9 Å². The molecular formula is C8H17N4O4P. The molecule has 8 nitrogen and oxygen atoms in total. The molecule has 0 aliphatic carbocycles. The van der Waals surface area contributed by atoms with Crippen molar-refractivity contribution in [2.45, 2.75) is 6.42 Å². The van der Waals surface area contributed by atoms with Gasteiger partial charge in [-0.3, -0.25) is 9.84 Å². The van der Waals surface area contributed by atoms with Crippen LogP contribution in [0.1, 0.15) is 6.42 Å². The molecule has 98 valence electrons. The largest absolute Gasteiger partial charge is 0.469 e. The quantitative estimate of drug-likeness (QED) is 0.307. The van der Waals surface area contributed by atoms with Crippen molar-refractivity contribution in [1.29, 1.82) is 0 Å². The van der Waals surface area contributed by atoms with E-state index in [2.05, 4.69) is 25.4 Å². The predicted molar refractivity (Wildman–Crippen MR) is 60.4 cm³/mol. The van der Waals surface area contributed by atoms with Crippen LogP contribution in [0.25, 0.3) is 0 Å². The van der Waals surface area contributed by atoms with Crippen LogP contribution in [0.5, 0.6) is 0 Å². The normalized spacial score (nSPS) is 20.0. The van der Waals surface area contributed by atoms with E-state index in [0.717, 1.165) is 31.4 Å². The Kier molecular flexibility index (Phi) is 3.90. The molecule has 0 radical (unpaired) electrons. The van der Waals surface area contributed by atoms with Crippen molar-refractivity contribution in [2.75, 3.05) is 33.0 Å². The van der Waals surface area contributed by atoms with Gasteiger partial charge in [-0.2, -0.15) is 0 Å². The monoisotopic (exact) mass is 264 g/mol. The molecule has 2 heterocycles. The second-order valence-corrected chi connectivity index (χ2v) is 5.12. The molecule has 9 heteroatoms. The molecule has 5 N–H and O–H groups in total. The van der Waals surface area contributed by atoms with E-state index in [1.165, 1.54) is 0 Å². The zero-order chi connectivity index (χ0) is 12.3. The lowest BCUT2D eigenvalue weighted by atomic mass is 10.3. The number of hydrogen-bond donors (Lipinski definition) is 5. The highest BCUT2D eigenvalue weighted by Gasteiger charge is 2.23. The maximum atomic E-state index is 10.5. The van der Waals surface area contributed by atoms with Gasteiger partial charge in [0.05, 0.1) is 25.6 Å². The second-order valence-electron chi connectivity index (χ2n) is 3.88. The summed E-state index contributed by atoms with van der Waals surface area (Å²) in [5, 5.41) is 9.61. The van der Waals surface area contributed by atoms with Crippen LogP contribution < -0.4 is 16.0 Å². The molecule has 2 aliphatic rings. The van der Waals surface area contributed by atoms with E-state index in [0.29, 0.717) is 13.0 Å². The van der Waals surface area contributed by atoms with Crippen molar-refractivity contribution >= 4 is 7.82 Å². The first-order chi connectivity index (χ1) is 8.06. The molecule has 0 atom stereocenters. The SMILES string of the molecule is O=P(O)(O)OCCCN1CNC2=C1CNCN2. The third-order valence-corrected chi connectivity index (χ3v) is 3.15. The van der Waals surface area contributed by atoms with Gasteiger partial charge in [-0.1, -0.05) is 0 Å². The van der Waals surface area contributed by atoms with E-state index in [1.807, 2.05) is 0 Å². The minimum Gasteiger partial charge on any atom is -0.358 e. The van der Waals surface area contributed by atoms with Crippen LogP contribution in [-0.2, 0) is 9.09 Å². The predicted octanol–water partition coefficient (Wildman–Crippen LogP) is -1.33. The summed E-state index contributed by atoms with van der Waals surface area (Å²) in [5.74, 6) is 1.04. The fourth-order valence-electron chi connectivity index (χ4n) is 1.88. The molecule has 17 heavy (non-hydrogen) atoms. The number of phosphoric ester groups is 1. The van der Waals surface area contributed by atoms with Gasteiger partial charge in [0.15, 0.2) is 0 Å². The van der Waals surface area contributed by atoms with E-state index >= 15 is 0 Å². The molecule has 0 amide bonds. The van der Waals surface area contributed by atoms with Gasteiger partial charge in [0.2, 0.25) is 0 Å². The molecule has 0 bridgehead atoms. The van der Waals surface area contributed by atoms with Gasteiger partial charge in [0.25, 0.3) is 0 Å². The molecule has 0 saturated heterocycles. The van der Waals surface area contributed by atoms with Crippen LogP contribution in [-0.4, -0.2) is 47.7 Å². The summed E-state index contributed by atoms with van der Waals surface area (Å²) >= 11 is 0. The zero-order valence-corrected chi connectivity index (χ0v) is 10.2. The number of phosphoric acid groups is 1. The summed E-state index contributed by atoms with van der Waals surface area (Å²) < 4.78 is 14.9. The van der Waals surface area contributed by atoms with Gasteiger partial charge >= 0.3 is 7.82 Å². The Labute approximate surface area is 99.3 Å². The van der Waals surface area contributed by atoms with Crippen molar-refractivity contribution in [2.24, 2.45) is 0 Å². The van der Waals surface area contributed by atoms with Gasteiger partial charge in [0, 0.05) is 13.1 Å². The number of nitrogens with zero attached hydrogens (tertiary/aromatic N) is 1. The maximum Gasteiger partial charge on any atom is 0.469 e. The van der Waals surface area contributed by atoms with Crippen molar-refractivity contribution in [1.82, 2.24) is 20.9 Å². The molecule has 2 rings (SSSR count). The topological polar surface area (TPSA) is 106 Å². The highest BCUT2D eigenvalue weighted by molar-refractivity contribution is 7.46. The smallest absolute Gasteiger partial charge is 0.358 e. The Bertz CT molecular complexity index is 355. The van der Waals surface area contributed by atoms with Crippen LogP contribution in [0.3, 0.4) is 0 Å². The zero-order valence-electron chi connectivity index (χ0n) is 9.35. The third-order valence-electron chi connectivity index (χ3n) is 2.63. The van der Waals surface area contributed by atoms with Crippen LogP contribution in [0, 0.1) is 0 Å². The lowest BCUT2D eigenvalue weighted by molar-refractivity contribution is 0.186. The Hall–Kier alpha value is -0.790. The Balaban J connectivity index is 1.73. The lowest BCUT2D eigenvalue weighted by Crippen LogP contribution is -2.39. The molecule has 0 aromatic rings. The Morgan fingerprint density at radius 3 is 3.00 bits per heavy atom. The molecule has 0 spiro atoms. The van der Waals surface area contributed by atoms with E-state index in [-0.39, 0.29) is 6.61 Å². The number of hydrogen-bond acceptors (Lipinski definition) is 6. The Morgan fingerprint density at radius 2 is 2.24 bits per heavy atom. The molecule has 0 saturated carbocycles. The van der Waals surface area contributed by atoms with Crippen LogP contribution in [0.4, 0.5) is 0 Å². The summed E-state index contributed by atoms with van der Waals surface area (Å²) in [5.41, 5.74) is 1.16. The van der Waals surface area contributed by atoms with Crippen molar-refractivity contribution in [3.8, 4) is 0 Å². The van der Waals surface area contributed by atoms with Crippen LogP contribution >= 0.6 is 7.82 Å². The first kappa shape index (κ1) is 12.7. The molecule has 2 aliphatic heterocycles. The van der Waals surface area contributed by atoms with Gasteiger partial charge in [0.1, 0.15) is 5.82 Å². The highest BCUT2D eigenvalue weighted by atomic mass is 31.2. The van der Waals surface area contributed by atoms with Crippen molar-refractivity contribution in [3.05, 3.63) is 11.5 Å². The van der Waals surface area contributed by atoms with Crippen molar-refractivity contribution in [3.63, 3.8) is 0 Å². The minimum atomic E-state index is -4.33. The average molecular weight is 264 g/mol. The Morgan fingerprint density at radius 1 is 1.41 bits per heavy atom. The van der Waals surface area contributed by atoms with E-state index in [4.69, 9.17) is 9.79 Å². The molecule has 0 aromatic carbocycles. The van der Waals surface area contributed by atoms with Gasteiger partial charge < -0.3 is 25.3 Å². The van der Waals surface area contributed by atoms with Crippen LogP contribution in [0.2, 0.25) is 0 Å². The summed E-state index contributed by atoms with van der Waals surface area (Å²) in [6, 6.07) is 0. The fourth-order valence-corrected chi connectivity index (χ4v) is 2.25. The molecule has 0 unspecified atom stereocenters. The summed E-state index contributed by atoms with van der Waals surface area (Å²) in [7, 11) is -4.33. The maximum absolute atomic E-state index is 10.5. The molecule has 0 aromatic heterocycles. The number of rotatable bonds is 5. The van der Waals surface area contributed by atoms with E-state index in [1.54, 1.807) is 0 Å². The van der Waals surface area contributed by atoms with E-state index < -0.39 is 7.82 Å². The molecular weight excluding hydrogens is 247 g/mol. The molecule has 0 fully saturated rings. The van der Waals surface area contributed by atoms with E-state index in [9.17, 15) is 4.57 Å². The third kappa shape index (κ3) is 3.58. The standard InChI is InChI=1S/C8H17N4O4P/c13-17(14,15)16-3-1-2-12-6-11-8-7(12)4-9-5-10-8/h9-11H,1-6H2,(H2,13,14,15).